The van der Waals surface area contributed by atoms with E-state index in [1.165, 1.54) is 0 Å². The third-order valence-corrected chi connectivity index (χ3v) is 3.62. The highest BCUT2D eigenvalue weighted by Crippen LogP contribution is 2.11. The number of hydrogen-bond donors (Lipinski definition) is 1. The van der Waals surface area contributed by atoms with Gasteiger partial charge in [-0.25, -0.2) is 4.79 Å². The van der Waals surface area contributed by atoms with Crippen molar-refractivity contribution in [3.63, 3.8) is 0 Å². The van der Waals surface area contributed by atoms with Gasteiger partial charge in [0.25, 0.3) is 0 Å². The fourth-order valence-electron chi connectivity index (χ4n) is 2.40. The van der Waals surface area contributed by atoms with Crippen molar-refractivity contribution < 1.29 is 14.1 Å². The zero-order valence-corrected chi connectivity index (χ0v) is 12.8. The van der Waals surface area contributed by atoms with E-state index in [2.05, 4.69) is 15.5 Å². The van der Waals surface area contributed by atoms with Gasteiger partial charge in [0.15, 0.2) is 5.82 Å². The van der Waals surface area contributed by atoms with Crippen LogP contribution in [0.15, 0.2) is 4.52 Å². The molecule has 118 valence electrons. The number of nitrogens with one attached hydrogen (secondary N) is 1. The lowest BCUT2D eigenvalue weighted by molar-refractivity contribution is 0.0951. The quantitative estimate of drug-likeness (QED) is 0.854. The fraction of sp³-hybridized carbons (Fsp3) is 0.786. The number of rotatable bonds is 6. The van der Waals surface area contributed by atoms with Crippen LogP contribution in [0.25, 0.3) is 0 Å². The Morgan fingerprint density at radius 3 is 2.81 bits per heavy atom. The molecule has 0 atom stereocenters. The molecule has 0 aliphatic carbocycles. The first kappa shape index (κ1) is 15.8. The lowest BCUT2D eigenvalue weighted by Gasteiger charge is -2.31. The Balaban J connectivity index is 1.63. The molecule has 7 heteroatoms. The maximum Gasteiger partial charge on any atom is 0.409 e. The van der Waals surface area contributed by atoms with Gasteiger partial charge >= 0.3 is 6.09 Å². The van der Waals surface area contributed by atoms with Crippen molar-refractivity contribution >= 4 is 6.09 Å². The summed E-state index contributed by atoms with van der Waals surface area (Å²) in [6.07, 6.45) is 3.24. The summed E-state index contributed by atoms with van der Waals surface area (Å²) in [7, 11) is 0. The molecule has 0 unspecified atom stereocenters. The number of aryl methyl sites for hydroxylation is 1. The van der Waals surface area contributed by atoms with Crippen LogP contribution >= 0.6 is 0 Å². The summed E-state index contributed by atoms with van der Waals surface area (Å²) < 4.78 is 10.1. The van der Waals surface area contributed by atoms with E-state index in [1.807, 2.05) is 13.8 Å². The van der Waals surface area contributed by atoms with Gasteiger partial charge in [-0.2, -0.15) is 4.98 Å². The van der Waals surface area contributed by atoms with Crippen molar-refractivity contribution in [3.8, 4) is 0 Å². The molecule has 7 nitrogen and oxygen atoms in total. The van der Waals surface area contributed by atoms with E-state index in [4.69, 9.17) is 9.26 Å². The van der Waals surface area contributed by atoms with E-state index in [9.17, 15) is 4.79 Å². The second-order valence-electron chi connectivity index (χ2n) is 5.12. The number of hydrogen-bond acceptors (Lipinski definition) is 6. The van der Waals surface area contributed by atoms with E-state index >= 15 is 0 Å². The maximum absolute atomic E-state index is 11.6. The largest absolute Gasteiger partial charge is 0.450 e. The molecule has 0 bridgehead atoms. The minimum atomic E-state index is -0.199. The Morgan fingerprint density at radius 1 is 1.43 bits per heavy atom. The van der Waals surface area contributed by atoms with E-state index in [0.717, 1.165) is 51.1 Å². The van der Waals surface area contributed by atoms with E-state index in [1.54, 1.807) is 4.90 Å². The summed E-state index contributed by atoms with van der Waals surface area (Å²) in [5, 5.41) is 7.42. The molecule has 1 N–H and O–H groups in total. The summed E-state index contributed by atoms with van der Waals surface area (Å²) in [6.45, 7) is 6.58. The second kappa shape index (κ2) is 7.97. The first-order valence-corrected chi connectivity index (χ1v) is 7.69. The maximum atomic E-state index is 11.6. The molecule has 0 aromatic carbocycles. The van der Waals surface area contributed by atoms with Gasteiger partial charge in [0, 0.05) is 38.5 Å². The Kier molecular flexibility index (Phi) is 5.98. The van der Waals surface area contributed by atoms with Gasteiger partial charge in [0.1, 0.15) is 0 Å². The minimum Gasteiger partial charge on any atom is -0.450 e. The Bertz CT molecular complexity index is 441. The molecule has 1 aliphatic heterocycles. The van der Waals surface area contributed by atoms with Crippen LogP contribution < -0.4 is 5.32 Å². The molecular formula is C14H24N4O3. The Morgan fingerprint density at radius 2 is 2.19 bits per heavy atom. The molecule has 0 saturated carbocycles. The summed E-state index contributed by atoms with van der Waals surface area (Å²) in [6, 6.07) is 0.438. The summed E-state index contributed by atoms with van der Waals surface area (Å²) in [5.74, 6) is 1.44. The molecule has 0 radical (unpaired) electrons. The number of aromatic nitrogens is 2. The van der Waals surface area contributed by atoms with Crippen LogP contribution in [0.3, 0.4) is 0 Å². The Labute approximate surface area is 125 Å². The molecule has 0 spiro atoms. The zero-order chi connectivity index (χ0) is 15.1. The van der Waals surface area contributed by atoms with Crippen LogP contribution in [0.5, 0.6) is 0 Å². The van der Waals surface area contributed by atoms with E-state index < -0.39 is 0 Å². The predicted molar refractivity (Wildman–Crippen MR) is 77.0 cm³/mol. The first-order valence-electron chi connectivity index (χ1n) is 7.69. The third kappa shape index (κ3) is 4.70. The fourth-order valence-corrected chi connectivity index (χ4v) is 2.40. The lowest BCUT2D eigenvalue weighted by Crippen LogP contribution is -2.45. The topological polar surface area (TPSA) is 80.5 Å². The average Bonchev–Trinajstić information content (AvgIpc) is 2.96. The van der Waals surface area contributed by atoms with E-state index in [0.29, 0.717) is 18.5 Å². The molecule has 2 heterocycles. The van der Waals surface area contributed by atoms with Crippen molar-refractivity contribution in [2.45, 2.75) is 45.6 Å². The van der Waals surface area contributed by atoms with Crippen LogP contribution in [0, 0.1) is 0 Å². The number of amides is 1. The van der Waals surface area contributed by atoms with Gasteiger partial charge in [-0.15, -0.1) is 0 Å². The molecule has 1 amide bonds. The highest BCUT2D eigenvalue weighted by atomic mass is 16.6. The number of ether oxygens (including phenoxy) is 1. The molecule has 1 saturated heterocycles. The van der Waals surface area contributed by atoms with Crippen molar-refractivity contribution in [1.82, 2.24) is 20.4 Å². The number of likely N-dealkylation sites (tertiary alicyclic amines) is 1. The highest BCUT2D eigenvalue weighted by Gasteiger charge is 2.23. The van der Waals surface area contributed by atoms with E-state index in [-0.39, 0.29) is 6.09 Å². The third-order valence-electron chi connectivity index (χ3n) is 3.62. The van der Waals surface area contributed by atoms with Gasteiger partial charge in [0.05, 0.1) is 6.61 Å². The summed E-state index contributed by atoms with van der Waals surface area (Å²) in [5.41, 5.74) is 0. The molecule has 1 fully saturated rings. The van der Waals surface area contributed by atoms with Crippen LogP contribution in [-0.4, -0.2) is 53.4 Å². The van der Waals surface area contributed by atoms with Gasteiger partial charge in [-0.1, -0.05) is 12.1 Å². The molecule has 1 aromatic heterocycles. The monoisotopic (exact) mass is 296 g/mol. The van der Waals surface area contributed by atoms with Gasteiger partial charge in [-0.3, -0.25) is 0 Å². The van der Waals surface area contributed by atoms with Crippen LogP contribution in [0.4, 0.5) is 4.79 Å². The Hall–Kier alpha value is -1.63. The summed E-state index contributed by atoms with van der Waals surface area (Å²) in [4.78, 5) is 17.6. The minimum absolute atomic E-state index is 0.199. The number of nitrogens with zero attached hydrogens (tertiary/aromatic N) is 3. The first-order chi connectivity index (χ1) is 10.2. The summed E-state index contributed by atoms with van der Waals surface area (Å²) >= 11 is 0. The predicted octanol–water partition coefficient (Wildman–Crippen LogP) is 1.38. The standard InChI is InChI=1S/C14H24N4O3/c1-3-13-16-12(17-21-13)5-8-15-11-6-9-18(10-7-11)14(19)20-4-2/h11,15H,3-10H2,1-2H3. The van der Waals surface area contributed by atoms with Gasteiger partial charge < -0.3 is 19.5 Å². The molecule has 21 heavy (non-hydrogen) atoms. The van der Waals surface area contributed by atoms with Crippen molar-refractivity contribution in [2.24, 2.45) is 0 Å². The van der Waals surface area contributed by atoms with Gasteiger partial charge in [-0.05, 0) is 19.8 Å². The van der Waals surface area contributed by atoms with Gasteiger partial charge in [0.2, 0.25) is 5.89 Å². The molecule has 1 aromatic rings. The number of piperidine rings is 1. The molecular weight excluding hydrogens is 272 g/mol. The SMILES string of the molecule is CCOC(=O)N1CCC(NCCc2noc(CC)n2)CC1. The van der Waals surface area contributed by atoms with Crippen LogP contribution in [0.2, 0.25) is 0 Å². The normalized spacial score (nSPS) is 16.2. The smallest absolute Gasteiger partial charge is 0.409 e. The highest BCUT2D eigenvalue weighted by molar-refractivity contribution is 5.67. The van der Waals surface area contributed by atoms with Crippen molar-refractivity contribution in [3.05, 3.63) is 11.7 Å². The molecule has 2 rings (SSSR count). The van der Waals surface area contributed by atoms with Crippen LogP contribution in [0.1, 0.15) is 38.4 Å². The van der Waals surface area contributed by atoms with Crippen LogP contribution in [-0.2, 0) is 17.6 Å². The number of carbonyl (C=O) groups excluding carboxylic acids is 1. The lowest BCUT2D eigenvalue weighted by atomic mass is 10.1. The average molecular weight is 296 g/mol. The van der Waals surface area contributed by atoms with Crippen molar-refractivity contribution in [2.75, 3.05) is 26.2 Å². The number of carbonyl (C=O) groups is 1. The molecule has 1 aliphatic rings. The van der Waals surface area contributed by atoms with Crippen molar-refractivity contribution in [1.29, 1.82) is 0 Å². The second-order valence-corrected chi connectivity index (χ2v) is 5.12. The zero-order valence-electron chi connectivity index (χ0n) is 12.8.